The minimum absolute atomic E-state index is 0.213. The second-order valence-corrected chi connectivity index (χ2v) is 7.06. The molecule has 118 valence electrons. The summed E-state index contributed by atoms with van der Waals surface area (Å²) in [7, 11) is 0. The van der Waals surface area contributed by atoms with Crippen molar-refractivity contribution in [2.24, 2.45) is 4.99 Å². The van der Waals surface area contributed by atoms with Crippen LogP contribution in [0.2, 0.25) is 0 Å². The Morgan fingerprint density at radius 1 is 1.50 bits per heavy atom. The number of rotatable bonds is 3. The third-order valence-corrected chi connectivity index (χ3v) is 5.05. The molecular weight excluding hydrogens is 308 g/mol. The number of allylic oxidation sites excluding steroid dienone is 1. The number of thiophene rings is 1. The van der Waals surface area contributed by atoms with Crippen LogP contribution in [-0.2, 0) is 0 Å². The van der Waals surface area contributed by atoms with Crippen molar-refractivity contribution in [1.29, 1.82) is 0 Å². The van der Waals surface area contributed by atoms with E-state index < -0.39 is 18.6 Å². The molecule has 7 heteroatoms. The fraction of sp³-hybridized carbons (Fsp3) is 0.467. The van der Waals surface area contributed by atoms with Gasteiger partial charge in [0, 0.05) is 16.7 Å². The third-order valence-electron chi connectivity index (χ3n) is 3.90. The Morgan fingerprint density at radius 3 is 2.82 bits per heavy atom. The van der Waals surface area contributed by atoms with Crippen LogP contribution in [0.25, 0.3) is 5.57 Å². The SMILES string of the molecule is CC1=C(c2cc3c(s2)C(=O)NC(C)(C)N3CC(F)F)C=NC1. The zero-order valence-electron chi connectivity index (χ0n) is 12.6. The summed E-state index contributed by atoms with van der Waals surface area (Å²) < 4.78 is 25.9. The molecule has 4 nitrogen and oxygen atoms in total. The normalized spacial score (nSPS) is 19.9. The van der Waals surface area contributed by atoms with Crippen molar-refractivity contribution >= 4 is 34.7 Å². The minimum Gasteiger partial charge on any atom is -0.342 e. The fourth-order valence-electron chi connectivity index (χ4n) is 2.79. The highest BCUT2D eigenvalue weighted by atomic mass is 32.1. The van der Waals surface area contributed by atoms with Gasteiger partial charge >= 0.3 is 0 Å². The number of halogens is 2. The molecule has 0 spiro atoms. The topological polar surface area (TPSA) is 44.7 Å². The number of amides is 1. The first-order valence-corrected chi connectivity index (χ1v) is 7.83. The molecule has 0 aliphatic carbocycles. The van der Waals surface area contributed by atoms with E-state index in [1.807, 2.05) is 13.0 Å². The summed E-state index contributed by atoms with van der Waals surface area (Å²) >= 11 is 1.33. The summed E-state index contributed by atoms with van der Waals surface area (Å²) in [6.07, 6.45) is -0.688. The van der Waals surface area contributed by atoms with Crippen LogP contribution in [0.3, 0.4) is 0 Å². The van der Waals surface area contributed by atoms with Crippen molar-refractivity contribution < 1.29 is 13.6 Å². The number of alkyl halides is 2. The molecule has 0 bridgehead atoms. The molecule has 1 amide bonds. The van der Waals surface area contributed by atoms with E-state index >= 15 is 0 Å². The molecule has 3 heterocycles. The summed E-state index contributed by atoms with van der Waals surface area (Å²) in [5, 5.41) is 2.80. The van der Waals surface area contributed by atoms with Gasteiger partial charge in [-0.05, 0) is 32.4 Å². The predicted molar refractivity (Wildman–Crippen MR) is 85.2 cm³/mol. The van der Waals surface area contributed by atoms with E-state index in [0.717, 1.165) is 16.0 Å². The van der Waals surface area contributed by atoms with Gasteiger partial charge in [0.25, 0.3) is 12.3 Å². The van der Waals surface area contributed by atoms with Crippen LogP contribution in [-0.4, -0.2) is 37.3 Å². The molecule has 0 aromatic carbocycles. The minimum atomic E-state index is -2.47. The average molecular weight is 325 g/mol. The molecule has 3 rings (SSSR count). The second-order valence-electron chi connectivity index (χ2n) is 6.00. The maximum atomic E-state index is 12.9. The molecular formula is C15H17F2N3OS. The number of nitrogens with one attached hydrogen (secondary N) is 1. The highest BCUT2D eigenvalue weighted by Crippen LogP contribution is 2.40. The van der Waals surface area contributed by atoms with E-state index in [4.69, 9.17) is 0 Å². The lowest BCUT2D eigenvalue weighted by atomic mass is 10.1. The van der Waals surface area contributed by atoms with Gasteiger partial charge in [0.05, 0.1) is 18.8 Å². The molecule has 22 heavy (non-hydrogen) atoms. The number of nitrogens with zero attached hydrogens (tertiary/aromatic N) is 2. The van der Waals surface area contributed by atoms with Crippen LogP contribution in [0, 0.1) is 0 Å². The van der Waals surface area contributed by atoms with Crippen LogP contribution in [0.5, 0.6) is 0 Å². The molecule has 2 aliphatic rings. The Kier molecular flexibility index (Phi) is 3.55. The van der Waals surface area contributed by atoms with Gasteiger partial charge in [-0.1, -0.05) is 0 Å². The van der Waals surface area contributed by atoms with E-state index in [9.17, 15) is 13.6 Å². The summed E-state index contributed by atoms with van der Waals surface area (Å²) in [5.74, 6) is -0.213. The van der Waals surface area contributed by atoms with Crippen LogP contribution >= 0.6 is 11.3 Å². The standard InChI is InChI=1S/C15H17F2N3OS/c1-8-5-18-6-9(8)11-4-10-13(22-11)14(21)19-15(2,3)20(10)7-12(16)17/h4,6,12H,5,7H2,1-3H3,(H,19,21). The molecule has 0 unspecified atom stereocenters. The smallest absolute Gasteiger partial charge is 0.265 e. The Hall–Kier alpha value is -1.76. The van der Waals surface area contributed by atoms with E-state index in [1.165, 1.54) is 11.3 Å². The summed E-state index contributed by atoms with van der Waals surface area (Å²) in [6, 6.07) is 1.83. The molecule has 1 N–H and O–H groups in total. The maximum Gasteiger partial charge on any atom is 0.265 e. The van der Waals surface area contributed by atoms with Gasteiger partial charge in [-0.2, -0.15) is 0 Å². The molecule has 1 aromatic rings. The lowest BCUT2D eigenvalue weighted by Crippen LogP contribution is -2.61. The van der Waals surface area contributed by atoms with E-state index in [0.29, 0.717) is 17.1 Å². The predicted octanol–water partition coefficient (Wildman–Crippen LogP) is 3.16. The van der Waals surface area contributed by atoms with E-state index in [-0.39, 0.29) is 5.91 Å². The van der Waals surface area contributed by atoms with Crippen molar-refractivity contribution in [3.8, 4) is 0 Å². The van der Waals surface area contributed by atoms with Crippen LogP contribution < -0.4 is 10.2 Å². The van der Waals surface area contributed by atoms with Crippen LogP contribution in [0.1, 0.15) is 35.3 Å². The first kappa shape index (κ1) is 15.1. The van der Waals surface area contributed by atoms with Crippen molar-refractivity contribution in [3.63, 3.8) is 0 Å². The van der Waals surface area contributed by atoms with E-state index in [1.54, 1.807) is 25.0 Å². The largest absolute Gasteiger partial charge is 0.342 e. The van der Waals surface area contributed by atoms with Crippen LogP contribution in [0.4, 0.5) is 14.5 Å². The Morgan fingerprint density at radius 2 is 2.23 bits per heavy atom. The number of fused-ring (bicyclic) bond motifs is 1. The quantitative estimate of drug-likeness (QED) is 0.928. The average Bonchev–Trinajstić information content (AvgIpc) is 2.99. The zero-order valence-corrected chi connectivity index (χ0v) is 13.4. The number of hydrogen-bond donors (Lipinski definition) is 1. The molecule has 0 saturated carbocycles. The van der Waals surface area contributed by atoms with Gasteiger partial charge in [0.1, 0.15) is 10.5 Å². The molecule has 1 aromatic heterocycles. The van der Waals surface area contributed by atoms with Crippen molar-refractivity contribution in [2.45, 2.75) is 32.9 Å². The first-order chi connectivity index (χ1) is 10.3. The Balaban J connectivity index is 2.08. The highest BCUT2D eigenvalue weighted by molar-refractivity contribution is 7.16. The first-order valence-electron chi connectivity index (χ1n) is 7.01. The lowest BCUT2D eigenvalue weighted by molar-refractivity contribution is 0.0880. The van der Waals surface area contributed by atoms with Gasteiger partial charge in [-0.25, -0.2) is 8.78 Å². The lowest BCUT2D eigenvalue weighted by Gasteiger charge is -2.43. The summed E-state index contributed by atoms with van der Waals surface area (Å²) in [6.45, 7) is 5.69. The number of aliphatic imine (C=N–C) groups is 1. The van der Waals surface area contributed by atoms with Crippen LogP contribution in [0.15, 0.2) is 16.6 Å². The van der Waals surface area contributed by atoms with Gasteiger partial charge in [0.2, 0.25) is 0 Å². The van der Waals surface area contributed by atoms with Gasteiger partial charge < -0.3 is 10.2 Å². The molecule has 0 fully saturated rings. The third kappa shape index (κ3) is 2.43. The van der Waals surface area contributed by atoms with Gasteiger partial charge in [-0.3, -0.25) is 9.79 Å². The fourth-order valence-corrected chi connectivity index (χ4v) is 3.93. The molecule has 0 atom stereocenters. The summed E-state index contributed by atoms with van der Waals surface area (Å²) in [5.41, 5.74) is 1.85. The van der Waals surface area contributed by atoms with Crippen molar-refractivity contribution in [1.82, 2.24) is 5.32 Å². The number of carbonyl (C=O) groups is 1. The Bertz CT molecular complexity index is 691. The van der Waals surface area contributed by atoms with E-state index in [2.05, 4.69) is 10.3 Å². The van der Waals surface area contributed by atoms with Gasteiger partial charge in [0.15, 0.2) is 0 Å². The maximum absolute atomic E-state index is 12.9. The molecule has 2 aliphatic heterocycles. The molecule has 0 saturated heterocycles. The molecule has 0 radical (unpaired) electrons. The number of hydrogen-bond acceptors (Lipinski definition) is 4. The monoisotopic (exact) mass is 325 g/mol. The zero-order chi connectivity index (χ0) is 16.1. The summed E-state index contributed by atoms with van der Waals surface area (Å²) in [4.78, 5) is 19.4. The van der Waals surface area contributed by atoms with Crippen molar-refractivity contribution in [3.05, 3.63) is 21.4 Å². The second kappa shape index (κ2) is 5.15. The number of anilines is 1. The Labute approximate surface area is 131 Å². The number of carbonyl (C=O) groups excluding carboxylic acids is 1. The van der Waals surface area contributed by atoms with Crippen molar-refractivity contribution in [2.75, 3.05) is 18.0 Å². The van der Waals surface area contributed by atoms with Gasteiger partial charge in [-0.15, -0.1) is 11.3 Å². The highest BCUT2D eigenvalue weighted by Gasteiger charge is 2.39.